The molecule has 0 fully saturated rings. The molecule has 0 atom stereocenters. The van der Waals surface area contributed by atoms with Gasteiger partial charge in [-0.15, -0.1) is 6.61 Å². The first-order chi connectivity index (χ1) is 8.93. The van der Waals surface area contributed by atoms with Crippen molar-refractivity contribution in [2.24, 2.45) is 0 Å². The summed E-state index contributed by atoms with van der Waals surface area (Å²) in [6.45, 7) is -0.110. The van der Waals surface area contributed by atoms with Crippen molar-refractivity contribution >= 4 is 0 Å². The Morgan fingerprint density at radius 3 is 1.30 bits per heavy atom. The second-order valence-corrected chi connectivity index (χ2v) is 3.55. The Hall–Kier alpha value is -1.24. The smallest absolute Gasteiger partial charge is 0.851 e. The zero-order valence-corrected chi connectivity index (χ0v) is 14.2. The molecule has 1 nitrogen and oxygen atoms in total. The minimum Gasteiger partial charge on any atom is -0.851 e. The fourth-order valence-electron chi connectivity index (χ4n) is 1.22. The van der Waals surface area contributed by atoms with Crippen molar-refractivity contribution in [1.82, 2.24) is 0 Å². The molecule has 0 heterocycles. The van der Waals surface area contributed by atoms with Gasteiger partial charge in [-0.3, -0.25) is 0 Å². The van der Waals surface area contributed by atoms with Crippen LogP contribution in [0.1, 0.15) is 5.56 Å². The number of benzene rings is 1. The SMILES string of the molecule is [CH3-].[O-]Cc1ccccc1.[Zr+4].c1cc[cH-]c1.c1cc[cH-]c1. The van der Waals surface area contributed by atoms with Crippen molar-refractivity contribution < 1.29 is 31.3 Å². The zero-order valence-electron chi connectivity index (χ0n) is 11.8. The molecule has 3 aromatic rings. The first kappa shape index (κ1) is 21.1. The predicted octanol–water partition coefficient (Wildman–Crippen LogP) is 3.81. The van der Waals surface area contributed by atoms with Gasteiger partial charge < -0.3 is 12.5 Å². The standard InChI is InChI=1S/C7H7O.2C5H5.CH3.Zr/c8-6-7-4-2-1-3-5-7;2*1-2-4-5-3-1;;/h1-5H,6H2;2*1-5H;1H3;/q4*-1;+4. The van der Waals surface area contributed by atoms with E-state index in [4.69, 9.17) is 0 Å². The average Bonchev–Trinajstić information content (AvgIpc) is 3.17. The van der Waals surface area contributed by atoms with Crippen molar-refractivity contribution in [3.63, 3.8) is 0 Å². The summed E-state index contributed by atoms with van der Waals surface area (Å²) in [4.78, 5) is 0. The minimum atomic E-state index is -0.110. The van der Waals surface area contributed by atoms with E-state index in [0.29, 0.717) is 0 Å². The molecule has 20 heavy (non-hydrogen) atoms. The molecule has 3 rings (SSSR count). The van der Waals surface area contributed by atoms with Gasteiger partial charge in [-0.1, -0.05) is 35.9 Å². The van der Waals surface area contributed by atoms with Crippen LogP contribution >= 0.6 is 0 Å². The van der Waals surface area contributed by atoms with Gasteiger partial charge in [0.1, 0.15) is 0 Å². The van der Waals surface area contributed by atoms with E-state index in [9.17, 15) is 5.11 Å². The second kappa shape index (κ2) is 15.8. The molecule has 0 spiro atoms. The Morgan fingerprint density at radius 1 is 0.700 bits per heavy atom. The molecule has 3 aromatic carbocycles. The molecule has 0 unspecified atom stereocenters. The predicted molar refractivity (Wildman–Crippen MR) is 80.6 cm³/mol. The summed E-state index contributed by atoms with van der Waals surface area (Å²) in [5.74, 6) is 0. The van der Waals surface area contributed by atoms with Crippen LogP contribution in [0.3, 0.4) is 0 Å². The fourth-order valence-corrected chi connectivity index (χ4v) is 1.22. The summed E-state index contributed by atoms with van der Waals surface area (Å²) >= 11 is 0. The van der Waals surface area contributed by atoms with E-state index in [0.717, 1.165) is 5.56 Å². The summed E-state index contributed by atoms with van der Waals surface area (Å²) in [6.07, 6.45) is 0. The van der Waals surface area contributed by atoms with Gasteiger partial charge in [-0.05, 0) is 0 Å². The van der Waals surface area contributed by atoms with Gasteiger partial charge in [0.05, 0.1) is 0 Å². The molecule has 0 aliphatic carbocycles. The first-order valence-corrected chi connectivity index (χ1v) is 5.89. The Kier molecular flexibility index (Phi) is 16.7. The van der Waals surface area contributed by atoms with Crippen LogP contribution < -0.4 is 5.11 Å². The van der Waals surface area contributed by atoms with E-state index in [1.807, 2.05) is 91.0 Å². The van der Waals surface area contributed by atoms with Gasteiger partial charge in [0.2, 0.25) is 0 Å². The Labute approximate surface area is 141 Å². The number of rotatable bonds is 1. The molecule has 0 saturated carbocycles. The molecule has 0 amide bonds. The molecular formula is C18H20OZr. The largest absolute Gasteiger partial charge is 4.00 e. The molecule has 0 radical (unpaired) electrons. The molecule has 0 N–H and O–H groups in total. The first-order valence-electron chi connectivity index (χ1n) is 5.89. The molecule has 2 heteroatoms. The van der Waals surface area contributed by atoms with E-state index >= 15 is 0 Å². The molecule has 0 aromatic heterocycles. The third-order valence-corrected chi connectivity index (χ3v) is 2.12. The summed E-state index contributed by atoms with van der Waals surface area (Å²) in [6, 6.07) is 29.3. The Balaban J connectivity index is 0. The number of hydrogen-bond donors (Lipinski definition) is 0. The van der Waals surface area contributed by atoms with E-state index in [1.54, 1.807) is 0 Å². The van der Waals surface area contributed by atoms with E-state index in [-0.39, 0.29) is 40.2 Å². The Bertz CT molecular complexity index is 383. The van der Waals surface area contributed by atoms with Crippen LogP contribution in [0.4, 0.5) is 0 Å². The summed E-state index contributed by atoms with van der Waals surface area (Å²) in [5.41, 5.74) is 0.854. The van der Waals surface area contributed by atoms with Crippen LogP contribution in [0, 0.1) is 7.43 Å². The maximum atomic E-state index is 10.1. The maximum Gasteiger partial charge on any atom is 4.00 e. The molecule has 0 bridgehead atoms. The third-order valence-electron chi connectivity index (χ3n) is 2.12. The van der Waals surface area contributed by atoms with Crippen LogP contribution in [-0.4, -0.2) is 0 Å². The summed E-state index contributed by atoms with van der Waals surface area (Å²) < 4.78 is 0. The van der Waals surface area contributed by atoms with Crippen molar-refractivity contribution in [3.8, 4) is 0 Å². The van der Waals surface area contributed by atoms with Crippen molar-refractivity contribution in [2.75, 3.05) is 0 Å². The van der Waals surface area contributed by atoms with Crippen molar-refractivity contribution in [2.45, 2.75) is 6.61 Å². The molecule has 0 aliphatic rings. The van der Waals surface area contributed by atoms with Gasteiger partial charge in [0, 0.05) is 0 Å². The normalized spacial score (nSPS) is 7.65. The second-order valence-electron chi connectivity index (χ2n) is 3.55. The van der Waals surface area contributed by atoms with Gasteiger partial charge in [-0.25, -0.2) is 24.3 Å². The zero-order chi connectivity index (χ0) is 12.9. The van der Waals surface area contributed by atoms with Crippen LogP contribution in [0.15, 0.2) is 91.0 Å². The van der Waals surface area contributed by atoms with Crippen molar-refractivity contribution in [1.29, 1.82) is 0 Å². The topological polar surface area (TPSA) is 23.1 Å². The van der Waals surface area contributed by atoms with Gasteiger partial charge in [0.25, 0.3) is 0 Å². The van der Waals surface area contributed by atoms with Gasteiger partial charge >= 0.3 is 26.2 Å². The minimum absolute atomic E-state index is 0. The quantitative estimate of drug-likeness (QED) is 0.616. The monoisotopic (exact) mass is 342 g/mol. The average molecular weight is 344 g/mol. The molecule has 0 saturated heterocycles. The van der Waals surface area contributed by atoms with Crippen LogP contribution in [0.25, 0.3) is 0 Å². The van der Waals surface area contributed by atoms with Crippen LogP contribution in [0.5, 0.6) is 0 Å². The van der Waals surface area contributed by atoms with Gasteiger partial charge in [-0.2, -0.15) is 36.4 Å². The summed E-state index contributed by atoms with van der Waals surface area (Å²) in [5, 5.41) is 10.1. The van der Waals surface area contributed by atoms with Crippen LogP contribution in [0.2, 0.25) is 0 Å². The third kappa shape index (κ3) is 11.8. The van der Waals surface area contributed by atoms with E-state index < -0.39 is 0 Å². The van der Waals surface area contributed by atoms with Crippen LogP contribution in [-0.2, 0) is 32.8 Å². The van der Waals surface area contributed by atoms with Crippen molar-refractivity contribution in [3.05, 3.63) is 104 Å². The van der Waals surface area contributed by atoms with E-state index in [1.165, 1.54) is 0 Å². The Morgan fingerprint density at radius 2 is 1.10 bits per heavy atom. The molecule has 102 valence electrons. The molecular weight excluding hydrogens is 323 g/mol. The van der Waals surface area contributed by atoms with Gasteiger partial charge in [0.15, 0.2) is 0 Å². The summed E-state index contributed by atoms with van der Waals surface area (Å²) in [7, 11) is 0. The fraction of sp³-hybridized carbons (Fsp3) is 0.0556. The molecule has 0 aliphatic heterocycles. The number of hydrogen-bond acceptors (Lipinski definition) is 1. The van der Waals surface area contributed by atoms with E-state index in [2.05, 4.69) is 0 Å². The maximum absolute atomic E-state index is 10.1.